The fourth-order valence-electron chi connectivity index (χ4n) is 1.09. The smallest absolute Gasteiger partial charge is 0.291 e. The molecule has 0 fully saturated rings. The van der Waals surface area contributed by atoms with Gasteiger partial charge in [-0.15, -0.1) is 6.58 Å². The van der Waals surface area contributed by atoms with E-state index in [9.17, 15) is 8.78 Å². The number of unbranched alkanes of at least 4 members (excludes halogenated alkanes) is 1. The van der Waals surface area contributed by atoms with Crippen LogP contribution < -0.4 is 0 Å². The molecule has 1 unspecified atom stereocenters. The molecule has 82 valence electrons. The number of rotatable bonds is 8. The molecule has 0 aliphatic heterocycles. The number of hydrogen-bond acceptors (Lipinski definition) is 1. The third-order valence-electron chi connectivity index (χ3n) is 1.94. The predicted octanol–water partition coefficient (Wildman–Crippen LogP) is 3.57. The zero-order chi connectivity index (χ0) is 11.0. The molecule has 0 amide bonds. The highest BCUT2D eigenvalue weighted by atomic mass is 19.3. The van der Waals surface area contributed by atoms with Gasteiger partial charge in [-0.05, 0) is 12.5 Å². The largest absolute Gasteiger partial charge is 0.368 e. The van der Waals surface area contributed by atoms with E-state index in [4.69, 9.17) is 4.74 Å². The Morgan fingerprint density at radius 1 is 1.43 bits per heavy atom. The summed E-state index contributed by atoms with van der Waals surface area (Å²) in [6.07, 6.45) is 3.00. The Hall–Kier alpha value is -0.700. The summed E-state index contributed by atoms with van der Waals surface area (Å²) in [5, 5.41) is 0. The van der Waals surface area contributed by atoms with Crippen LogP contribution in [0, 0.1) is 0 Å². The van der Waals surface area contributed by atoms with Gasteiger partial charge < -0.3 is 4.74 Å². The molecule has 1 atom stereocenters. The molecule has 0 rings (SSSR count). The first-order valence-electron chi connectivity index (χ1n) is 4.82. The molecule has 0 aromatic rings. The van der Waals surface area contributed by atoms with Crippen molar-refractivity contribution in [2.75, 3.05) is 6.61 Å². The van der Waals surface area contributed by atoms with Crippen LogP contribution in [0.25, 0.3) is 0 Å². The van der Waals surface area contributed by atoms with E-state index < -0.39 is 12.0 Å². The Balaban J connectivity index is 4.21. The van der Waals surface area contributed by atoms with Crippen molar-refractivity contribution in [2.45, 2.75) is 38.2 Å². The van der Waals surface area contributed by atoms with E-state index in [1.807, 2.05) is 6.92 Å². The van der Waals surface area contributed by atoms with Crippen LogP contribution in [0.5, 0.6) is 0 Å². The number of ether oxygens (including phenoxy) is 1. The molecular weight excluding hydrogens is 186 g/mol. The standard InChI is InChI=1S/C11H18F2O/c1-4-7-8-10(14-9-5-2)11(12,13)6-3/h5-6,10H,2-4,7-9H2,1H3. The van der Waals surface area contributed by atoms with Gasteiger partial charge in [0, 0.05) is 0 Å². The summed E-state index contributed by atoms with van der Waals surface area (Å²) in [6.45, 7) is 8.64. The first-order chi connectivity index (χ1) is 6.58. The van der Waals surface area contributed by atoms with E-state index in [2.05, 4.69) is 13.2 Å². The van der Waals surface area contributed by atoms with Gasteiger partial charge in [0.1, 0.15) is 6.10 Å². The molecule has 0 saturated carbocycles. The molecule has 0 aliphatic rings. The molecule has 0 bridgehead atoms. The molecule has 0 aromatic carbocycles. The molecular formula is C11H18F2O. The highest BCUT2D eigenvalue weighted by molar-refractivity contribution is 4.94. The average Bonchev–Trinajstić information content (AvgIpc) is 2.17. The minimum Gasteiger partial charge on any atom is -0.368 e. The molecule has 0 aromatic heterocycles. The van der Waals surface area contributed by atoms with Crippen molar-refractivity contribution >= 4 is 0 Å². The fourth-order valence-corrected chi connectivity index (χ4v) is 1.09. The number of halogens is 2. The second kappa shape index (κ2) is 6.71. The Kier molecular flexibility index (Phi) is 6.37. The van der Waals surface area contributed by atoms with E-state index in [-0.39, 0.29) is 6.61 Å². The molecule has 0 saturated heterocycles. The van der Waals surface area contributed by atoms with Gasteiger partial charge in [0.15, 0.2) is 0 Å². The van der Waals surface area contributed by atoms with Crippen LogP contribution >= 0.6 is 0 Å². The lowest BCUT2D eigenvalue weighted by Gasteiger charge is -2.23. The highest BCUT2D eigenvalue weighted by Gasteiger charge is 2.36. The van der Waals surface area contributed by atoms with Crippen LogP contribution in [0.2, 0.25) is 0 Å². The van der Waals surface area contributed by atoms with Gasteiger partial charge in [-0.1, -0.05) is 32.4 Å². The van der Waals surface area contributed by atoms with Crippen molar-refractivity contribution in [3.05, 3.63) is 25.3 Å². The predicted molar refractivity (Wildman–Crippen MR) is 54.6 cm³/mol. The molecule has 3 heteroatoms. The van der Waals surface area contributed by atoms with Crippen LogP contribution in [-0.4, -0.2) is 18.6 Å². The van der Waals surface area contributed by atoms with E-state index in [0.29, 0.717) is 12.5 Å². The van der Waals surface area contributed by atoms with Gasteiger partial charge in [0.05, 0.1) is 6.61 Å². The Bertz CT molecular complexity index is 178. The zero-order valence-electron chi connectivity index (χ0n) is 8.64. The minimum absolute atomic E-state index is 0.151. The third-order valence-corrected chi connectivity index (χ3v) is 1.94. The summed E-state index contributed by atoms with van der Waals surface area (Å²) in [7, 11) is 0. The SMILES string of the molecule is C=CCOC(CCCC)C(F)(F)C=C. The molecule has 0 spiro atoms. The number of alkyl halides is 2. The van der Waals surface area contributed by atoms with Gasteiger partial charge in [0.2, 0.25) is 0 Å². The second-order valence-electron chi connectivity index (χ2n) is 3.13. The van der Waals surface area contributed by atoms with Crippen molar-refractivity contribution < 1.29 is 13.5 Å². The lowest BCUT2D eigenvalue weighted by molar-refractivity contribution is -0.102. The minimum atomic E-state index is -2.95. The van der Waals surface area contributed by atoms with Gasteiger partial charge in [-0.2, -0.15) is 8.78 Å². The van der Waals surface area contributed by atoms with E-state index in [1.165, 1.54) is 6.08 Å². The average molecular weight is 204 g/mol. The summed E-state index contributed by atoms with van der Waals surface area (Å²) in [5.41, 5.74) is 0. The first kappa shape index (κ1) is 13.3. The van der Waals surface area contributed by atoms with Crippen LogP contribution in [0.4, 0.5) is 8.78 Å². The third kappa shape index (κ3) is 4.51. The molecule has 0 N–H and O–H groups in total. The van der Waals surface area contributed by atoms with Gasteiger partial charge >= 0.3 is 0 Å². The summed E-state index contributed by atoms with van der Waals surface area (Å²) in [6, 6.07) is 0. The Morgan fingerprint density at radius 2 is 2.07 bits per heavy atom. The maximum absolute atomic E-state index is 13.2. The summed E-state index contributed by atoms with van der Waals surface area (Å²) in [4.78, 5) is 0. The normalized spacial score (nSPS) is 13.6. The van der Waals surface area contributed by atoms with Gasteiger partial charge in [0.25, 0.3) is 5.92 Å². The number of hydrogen-bond donors (Lipinski definition) is 0. The topological polar surface area (TPSA) is 9.23 Å². The maximum atomic E-state index is 13.2. The summed E-state index contributed by atoms with van der Waals surface area (Å²) >= 11 is 0. The van der Waals surface area contributed by atoms with Gasteiger partial charge in [-0.3, -0.25) is 0 Å². The molecule has 0 aliphatic carbocycles. The monoisotopic (exact) mass is 204 g/mol. The summed E-state index contributed by atoms with van der Waals surface area (Å²) in [5.74, 6) is -2.95. The van der Waals surface area contributed by atoms with E-state index in [0.717, 1.165) is 12.8 Å². The Labute approximate surface area is 84.5 Å². The van der Waals surface area contributed by atoms with Crippen LogP contribution in [0.3, 0.4) is 0 Å². The van der Waals surface area contributed by atoms with Crippen molar-refractivity contribution in [2.24, 2.45) is 0 Å². The zero-order valence-corrected chi connectivity index (χ0v) is 8.64. The van der Waals surface area contributed by atoms with Crippen molar-refractivity contribution in [1.82, 2.24) is 0 Å². The maximum Gasteiger partial charge on any atom is 0.291 e. The Morgan fingerprint density at radius 3 is 2.50 bits per heavy atom. The highest BCUT2D eigenvalue weighted by Crippen LogP contribution is 2.26. The summed E-state index contributed by atoms with van der Waals surface area (Å²) < 4.78 is 31.4. The van der Waals surface area contributed by atoms with E-state index in [1.54, 1.807) is 0 Å². The lowest BCUT2D eigenvalue weighted by Crippen LogP contribution is -2.34. The van der Waals surface area contributed by atoms with Crippen LogP contribution in [0.15, 0.2) is 25.3 Å². The molecule has 14 heavy (non-hydrogen) atoms. The fraction of sp³-hybridized carbons (Fsp3) is 0.636. The van der Waals surface area contributed by atoms with Crippen molar-refractivity contribution in [3.8, 4) is 0 Å². The molecule has 0 radical (unpaired) electrons. The first-order valence-corrected chi connectivity index (χ1v) is 4.82. The second-order valence-corrected chi connectivity index (χ2v) is 3.13. The molecule has 1 nitrogen and oxygen atoms in total. The van der Waals surface area contributed by atoms with Crippen LogP contribution in [0.1, 0.15) is 26.2 Å². The van der Waals surface area contributed by atoms with Gasteiger partial charge in [-0.25, -0.2) is 0 Å². The quantitative estimate of drug-likeness (QED) is 0.549. The lowest BCUT2D eigenvalue weighted by atomic mass is 10.1. The van der Waals surface area contributed by atoms with Crippen molar-refractivity contribution in [1.29, 1.82) is 0 Å². The van der Waals surface area contributed by atoms with Crippen molar-refractivity contribution in [3.63, 3.8) is 0 Å². The molecule has 0 heterocycles. The van der Waals surface area contributed by atoms with Crippen LogP contribution in [-0.2, 0) is 4.74 Å². The van der Waals surface area contributed by atoms with E-state index >= 15 is 0 Å².